The van der Waals surface area contributed by atoms with E-state index in [-0.39, 0.29) is 0 Å². The van der Waals surface area contributed by atoms with Crippen LogP contribution < -0.4 is 15.5 Å². The van der Waals surface area contributed by atoms with E-state index in [9.17, 15) is 33.0 Å². The minimum Gasteiger partial charge on any atom is -0.377 e. The van der Waals surface area contributed by atoms with Crippen molar-refractivity contribution in [3.05, 3.63) is 131 Å². The lowest BCUT2D eigenvalue weighted by Crippen LogP contribution is -2.48. The number of alkyl halides is 2. The standard InChI is InChI=1S/C38H39F4N10O6P/c1-3-34(25(2)58-59(55,56)57)52-36(53)51(24-45-52)31-12-10-30(11-13-31)49-18-16-48(17-19-49)29-8-4-26(5-9-29)27-6-15-35(43-21-27)38(41,42)37(54,22-50-23-44-46-47-50)32-14-7-28(39)20-33(32)40/h4-15,20-21,23-25,34,54H,3,16-19,22H2,1-2H3,(H2,55,56,57). The second-order valence-corrected chi connectivity index (χ2v) is 15.2. The van der Waals surface area contributed by atoms with Gasteiger partial charge in [-0.3, -0.25) is 9.51 Å². The molecule has 3 atom stereocenters. The highest BCUT2D eigenvalue weighted by molar-refractivity contribution is 7.46. The molecular formula is C38H39F4N10O6P. The molecule has 0 spiro atoms. The van der Waals surface area contributed by atoms with Crippen molar-refractivity contribution >= 4 is 19.2 Å². The van der Waals surface area contributed by atoms with Gasteiger partial charge in [-0.1, -0.05) is 25.1 Å². The van der Waals surface area contributed by atoms with Crippen molar-refractivity contribution in [2.45, 2.75) is 50.5 Å². The van der Waals surface area contributed by atoms with Crippen LogP contribution in [0.15, 0.2) is 103 Å². The van der Waals surface area contributed by atoms with E-state index < -0.39 is 66.6 Å². The third kappa shape index (κ3) is 8.53. The van der Waals surface area contributed by atoms with Crippen molar-refractivity contribution < 1.29 is 41.5 Å². The largest absolute Gasteiger partial charge is 0.469 e. The molecule has 3 aromatic heterocycles. The number of tetrazole rings is 1. The van der Waals surface area contributed by atoms with Gasteiger partial charge in [-0.05, 0) is 83.9 Å². The maximum atomic E-state index is 16.2. The Balaban J connectivity index is 0.989. The number of phosphoric acid groups is 1. The molecule has 16 nitrogen and oxygen atoms in total. The Labute approximate surface area is 334 Å². The van der Waals surface area contributed by atoms with Crippen LogP contribution in [0.3, 0.4) is 0 Å². The lowest BCUT2D eigenvalue weighted by atomic mass is 9.84. The van der Waals surface area contributed by atoms with Gasteiger partial charge in [0.05, 0.1) is 24.4 Å². The number of aromatic nitrogens is 8. The lowest BCUT2D eigenvalue weighted by Gasteiger charge is -2.37. The summed E-state index contributed by atoms with van der Waals surface area (Å²) in [5.74, 6) is -6.55. The van der Waals surface area contributed by atoms with E-state index in [0.717, 1.165) is 40.6 Å². The molecule has 21 heteroatoms. The number of piperazine rings is 1. The number of hydrogen-bond acceptors (Lipinski definition) is 11. The number of anilines is 2. The molecule has 7 rings (SSSR count). The molecule has 6 aromatic rings. The first-order valence-electron chi connectivity index (χ1n) is 18.4. The molecule has 3 aromatic carbocycles. The molecule has 59 heavy (non-hydrogen) atoms. The highest BCUT2D eigenvalue weighted by Gasteiger charge is 2.58. The third-order valence-electron chi connectivity index (χ3n) is 10.4. The topological polar surface area (TPSA) is 190 Å². The van der Waals surface area contributed by atoms with E-state index in [1.807, 2.05) is 36.4 Å². The number of phosphoric ester groups is 1. The zero-order valence-electron chi connectivity index (χ0n) is 31.6. The molecule has 0 aliphatic carbocycles. The Morgan fingerprint density at radius 3 is 2.02 bits per heavy atom. The molecule has 0 amide bonds. The van der Waals surface area contributed by atoms with Crippen molar-refractivity contribution in [1.29, 1.82) is 0 Å². The van der Waals surface area contributed by atoms with Crippen LogP contribution in [0.2, 0.25) is 0 Å². The maximum Gasteiger partial charge on any atom is 0.469 e. The van der Waals surface area contributed by atoms with E-state index in [1.54, 1.807) is 19.1 Å². The number of benzene rings is 3. The van der Waals surface area contributed by atoms with Crippen molar-refractivity contribution in [2.75, 3.05) is 36.0 Å². The predicted octanol–water partition coefficient (Wildman–Crippen LogP) is 4.82. The Bertz CT molecular complexity index is 2480. The predicted molar refractivity (Wildman–Crippen MR) is 206 cm³/mol. The van der Waals surface area contributed by atoms with Gasteiger partial charge < -0.3 is 24.7 Å². The normalized spacial score (nSPS) is 15.9. The van der Waals surface area contributed by atoms with Crippen LogP contribution in [-0.4, -0.2) is 86.7 Å². The highest BCUT2D eigenvalue weighted by Crippen LogP contribution is 2.47. The van der Waals surface area contributed by atoms with E-state index in [2.05, 4.69) is 35.4 Å². The number of halogens is 4. The smallest absolute Gasteiger partial charge is 0.377 e. The summed E-state index contributed by atoms with van der Waals surface area (Å²) in [6, 6.07) is 18.7. The highest BCUT2D eigenvalue weighted by atomic mass is 31.2. The van der Waals surface area contributed by atoms with Crippen LogP contribution in [0.1, 0.15) is 37.6 Å². The van der Waals surface area contributed by atoms with Crippen molar-refractivity contribution in [2.24, 2.45) is 0 Å². The molecule has 3 unspecified atom stereocenters. The number of pyridine rings is 1. The van der Waals surface area contributed by atoms with Crippen LogP contribution in [0.25, 0.3) is 16.8 Å². The average Bonchev–Trinajstić information content (AvgIpc) is 3.87. The second-order valence-electron chi connectivity index (χ2n) is 14.0. The molecule has 3 N–H and O–H groups in total. The minimum absolute atomic E-state index is 0.355. The van der Waals surface area contributed by atoms with E-state index in [4.69, 9.17) is 4.52 Å². The summed E-state index contributed by atoms with van der Waals surface area (Å²) in [5.41, 5.74) is -1.72. The molecular weight excluding hydrogens is 799 g/mol. The van der Waals surface area contributed by atoms with E-state index in [0.29, 0.717) is 55.5 Å². The summed E-state index contributed by atoms with van der Waals surface area (Å²) in [6.45, 7) is 5.10. The summed E-state index contributed by atoms with van der Waals surface area (Å²) in [4.78, 5) is 40.1. The fourth-order valence-electron chi connectivity index (χ4n) is 7.25. The SMILES string of the molecule is CCC(C(C)OP(=O)(O)O)n1ncn(-c2ccc(N3CCN(c4ccc(-c5ccc(C(F)(F)C(O)(Cn6cnnn6)c6ccc(F)cc6F)nc5)cc4)CC3)cc2)c1=O. The maximum absolute atomic E-state index is 16.2. The van der Waals surface area contributed by atoms with Gasteiger partial charge in [-0.15, -0.1) is 5.10 Å². The number of rotatable bonds is 14. The molecule has 0 saturated carbocycles. The Kier molecular flexibility index (Phi) is 11.5. The number of aliphatic hydroxyl groups is 1. The first-order chi connectivity index (χ1) is 28.1. The Morgan fingerprint density at radius 2 is 1.47 bits per heavy atom. The van der Waals surface area contributed by atoms with E-state index in [1.165, 1.54) is 34.8 Å². The number of nitrogens with zero attached hydrogens (tertiary/aromatic N) is 10. The van der Waals surface area contributed by atoms with Crippen molar-refractivity contribution in [3.8, 4) is 16.8 Å². The first-order valence-corrected chi connectivity index (χ1v) is 19.9. The minimum atomic E-state index is -4.76. The Morgan fingerprint density at radius 1 is 0.864 bits per heavy atom. The van der Waals surface area contributed by atoms with Crippen LogP contribution in [-0.2, 0) is 27.2 Å². The van der Waals surface area contributed by atoms with Crippen molar-refractivity contribution in [3.63, 3.8) is 0 Å². The van der Waals surface area contributed by atoms with Gasteiger partial charge in [0.2, 0.25) is 0 Å². The fraction of sp³-hybridized carbons (Fsp3) is 0.316. The summed E-state index contributed by atoms with van der Waals surface area (Å²) >= 11 is 0. The van der Waals surface area contributed by atoms with Gasteiger partial charge >= 0.3 is 19.4 Å². The molecule has 1 aliphatic rings. The van der Waals surface area contributed by atoms with Gasteiger partial charge in [-0.2, -0.15) is 13.9 Å². The van der Waals surface area contributed by atoms with Gasteiger partial charge in [0.15, 0.2) is 5.60 Å². The monoisotopic (exact) mass is 838 g/mol. The summed E-state index contributed by atoms with van der Waals surface area (Å²) in [5, 5.41) is 25.9. The summed E-state index contributed by atoms with van der Waals surface area (Å²) < 4.78 is 80.4. The van der Waals surface area contributed by atoms with Gasteiger partial charge in [0.1, 0.15) is 30.0 Å². The van der Waals surface area contributed by atoms with Gasteiger partial charge in [0.25, 0.3) is 0 Å². The number of hydrogen-bond donors (Lipinski definition) is 3. The molecule has 1 fully saturated rings. The van der Waals surface area contributed by atoms with Gasteiger partial charge in [-0.25, -0.2) is 32.1 Å². The first kappa shape index (κ1) is 41.4. The van der Waals surface area contributed by atoms with Crippen LogP contribution in [0, 0.1) is 11.6 Å². The molecule has 1 saturated heterocycles. The fourth-order valence-corrected chi connectivity index (χ4v) is 7.82. The quantitative estimate of drug-likeness (QED) is 0.100. The van der Waals surface area contributed by atoms with Crippen molar-refractivity contribution in [1.82, 2.24) is 39.5 Å². The summed E-state index contributed by atoms with van der Waals surface area (Å²) in [6.07, 6.45) is 2.97. The summed E-state index contributed by atoms with van der Waals surface area (Å²) in [7, 11) is -4.76. The van der Waals surface area contributed by atoms with Crippen LogP contribution >= 0.6 is 7.82 Å². The Hall–Kier alpha value is -5.79. The van der Waals surface area contributed by atoms with Crippen LogP contribution in [0.4, 0.5) is 28.9 Å². The zero-order valence-corrected chi connectivity index (χ0v) is 32.5. The molecule has 0 bridgehead atoms. The van der Waals surface area contributed by atoms with E-state index >= 15 is 8.78 Å². The molecule has 4 heterocycles. The van der Waals surface area contributed by atoms with Crippen LogP contribution in [0.5, 0.6) is 0 Å². The molecule has 0 radical (unpaired) electrons. The lowest BCUT2D eigenvalue weighted by molar-refractivity contribution is -0.207. The second kappa shape index (κ2) is 16.5. The average molecular weight is 839 g/mol. The third-order valence-corrected chi connectivity index (χ3v) is 11.0. The van der Waals surface area contributed by atoms with Gasteiger partial charge in [0, 0.05) is 60.9 Å². The zero-order chi connectivity index (χ0) is 42.1. The molecule has 1 aliphatic heterocycles. The molecule has 310 valence electrons.